The van der Waals surface area contributed by atoms with Gasteiger partial charge in [0.1, 0.15) is 0 Å². The van der Waals surface area contributed by atoms with E-state index in [2.05, 4.69) is 139 Å². The minimum Gasteiger partial charge on any atom is -0.364 e. The number of nitrogens with one attached hydrogen (secondary N) is 1. The van der Waals surface area contributed by atoms with Gasteiger partial charge in [-0.3, -0.25) is 0 Å². The first-order chi connectivity index (χ1) is 15.9. The minimum absolute atomic E-state index is 0.466. The normalized spacial score (nSPS) is 11.2. The van der Waals surface area contributed by atoms with Crippen LogP contribution in [0.25, 0.3) is 0 Å². The lowest BCUT2D eigenvalue weighted by molar-refractivity contribution is 1.23. The van der Waals surface area contributed by atoms with Crippen LogP contribution in [0.3, 0.4) is 0 Å². The predicted octanol–water partition coefficient (Wildman–Crippen LogP) is 5.41. The van der Waals surface area contributed by atoms with Gasteiger partial charge in [-0.15, -0.1) is 0 Å². The van der Waals surface area contributed by atoms with Crippen molar-refractivity contribution in [1.82, 2.24) is 4.98 Å². The zero-order valence-corrected chi connectivity index (χ0v) is 19.6. The highest BCUT2D eigenvalue weighted by Gasteiger charge is 2.20. The van der Waals surface area contributed by atoms with Crippen molar-refractivity contribution in [3.05, 3.63) is 139 Å². The summed E-state index contributed by atoms with van der Waals surface area (Å²) in [4.78, 5) is 3.63. The van der Waals surface area contributed by atoms with Crippen LogP contribution in [0.5, 0.6) is 0 Å². The first kappa shape index (κ1) is 20.9. The Morgan fingerprint density at radius 2 is 0.875 bits per heavy atom. The fraction of sp³-hybridized carbons (Fsp3) is 0.0345. The maximum Gasteiger partial charge on any atom is 0.0203 e. The van der Waals surface area contributed by atoms with Crippen molar-refractivity contribution in [2.75, 3.05) is 0 Å². The second kappa shape index (κ2) is 10.1. The van der Waals surface area contributed by atoms with E-state index >= 15 is 0 Å². The van der Waals surface area contributed by atoms with E-state index in [1.54, 1.807) is 0 Å². The quantitative estimate of drug-likeness (QED) is 0.320. The SMILES string of the molecule is c1ccc(P(Cc2cc(P(c3ccccc3)c3ccccc3)c[nH]2)c2ccccc2)cc1. The van der Waals surface area contributed by atoms with Crippen LogP contribution >= 0.6 is 15.8 Å². The number of aromatic nitrogens is 1. The molecule has 0 radical (unpaired) electrons. The van der Waals surface area contributed by atoms with Gasteiger partial charge >= 0.3 is 0 Å². The Hall–Kier alpha value is -2.98. The lowest BCUT2D eigenvalue weighted by Crippen LogP contribution is -2.19. The molecule has 1 N–H and O–H groups in total. The number of hydrogen-bond donors (Lipinski definition) is 1. The molecule has 0 amide bonds. The Bertz CT molecular complexity index is 1160. The predicted molar refractivity (Wildman–Crippen MR) is 142 cm³/mol. The van der Waals surface area contributed by atoms with E-state index in [1.165, 1.54) is 32.2 Å². The molecule has 156 valence electrons. The summed E-state index contributed by atoms with van der Waals surface area (Å²) in [6.45, 7) is 0. The highest BCUT2D eigenvalue weighted by Crippen LogP contribution is 2.39. The van der Waals surface area contributed by atoms with Gasteiger partial charge in [0.15, 0.2) is 0 Å². The van der Waals surface area contributed by atoms with Gasteiger partial charge in [-0.1, -0.05) is 121 Å². The molecule has 3 heteroatoms. The van der Waals surface area contributed by atoms with Crippen LogP contribution in [-0.2, 0) is 6.16 Å². The molecule has 0 atom stereocenters. The third kappa shape index (κ3) is 4.76. The van der Waals surface area contributed by atoms with E-state index < -0.39 is 15.8 Å². The molecular weight excluding hydrogens is 424 g/mol. The van der Waals surface area contributed by atoms with Crippen LogP contribution in [0, 0.1) is 0 Å². The molecule has 0 aliphatic heterocycles. The monoisotopic (exact) mass is 449 g/mol. The molecule has 0 fully saturated rings. The van der Waals surface area contributed by atoms with Gasteiger partial charge < -0.3 is 4.98 Å². The average Bonchev–Trinajstić information content (AvgIpc) is 3.33. The Balaban J connectivity index is 1.50. The average molecular weight is 449 g/mol. The van der Waals surface area contributed by atoms with Crippen LogP contribution in [0.4, 0.5) is 0 Å². The summed E-state index contributed by atoms with van der Waals surface area (Å²) in [5, 5.41) is 6.97. The molecule has 5 rings (SSSR count). The van der Waals surface area contributed by atoms with Crippen LogP contribution in [0.2, 0.25) is 0 Å². The van der Waals surface area contributed by atoms with E-state index in [4.69, 9.17) is 0 Å². The standard InChI is InChI=1S/C29H25NP2/c1-5-13-25(14-6-1)31(26-15-7-2-8-16-26)23-24-21-29(22-30-24)32(27-17-9-3-10-18-27)28-19-11-4-12-20-28/h1-22,30H,23H2. The summed E-state index contributed by atoms with van der Waals surface area (Å²) < 4.78 is 0. The van der Waals surface area contributed by atoms with Crippen LogP contribution in [-0.4, -0.2) is 4.98 Å². The van der Waals surface area contributed by atoms with E-state index in [9.17, 15) is 0 Å². The summed E-state index contributed by atoms with van der Waals surface area (Å²) >= 11 is 0. The smallest absolute Gasteiger partial charge is 0.0203 e. The molecule has 0 unspecified atom stereocenters. The van der Waals surface area contributed by atoms with E-state index in [0.29, 0.717) is 0 Å². The van der Waals surface area contributed by atoms with Crippen molar-refractivity contribution in [2.24, 2.45) is 0 Å². The molecule has 0 saturated carbocycles. The Morgan fingerprint density at radius 1 is 0.469 bits per heavy atom. The molecule has 1 nitrogen and oxygen atoms in total. The van der Waals surface area contributed by atoms with Crippen LogP contribution in [0.15, 0.2) is 134 Å². The lowest BCUT2D eigenvalue weighted by Gasteiger charge is -2.19. The van der Waals surface area contributed by atoms with Gasteiger partial charge in [0.25, 0.3) is 0 Å². The first-order valence-corrected chi connectivity index (χ1v) is 13.7. The molecule has 1 aromatic heterocycles. The lowest BCUT2D eigenvalue weighted by atomic mass is 10.4. The van der Waals surface area contributed by atoms with E-state index in [-0.39, 0.29) is 0 Å². The molecule has 5 aromatic rings. The van der Waals surface area contributed by atoms with Crippen molar-refractivity contribution in [3.8, 4) is 0 Å². The van der Waals surface area contributed by atoms with Gasteiger partial charge in [-0.05, 0) is 43.1 Å². The molecule has 0 saturated heterocycles. The Kier molecular flexibility index (Phi) is 6.59. The third-order valence-corrected chi connectivity index (χ3v) is 10.4. The van der Waals surface area contributed by atoms with Gasteiger partial charge in [0.05, 0.1) is 0 Å². The summed E-state index contributed by atoms with van der Waals surface area (Å²) in [6, 6.07) is 46.1. The minimum atomic E-state index is -0.583. The van der Waals surface area contributed by atoms with E-state index in [0.717, 1.165) is 6.16 Å². The van der Waals surface area contributed by atoms with Crippen molar-refractivity contribution in [1.29, 1.82) is 0 Å². The van der Waals surface area contributed by atoms with Gasteiger partial charge in [-0.2, -0.15) is 0 Å². The largest absolute Gasteiger partial charge is 0.364 e. The number of H-pyrrole nitrogens is 1. The highest BCUT2D eigenvalue weighted by atomic mass is 31.1. The maximum absolute atomic E-state index is 3.63. The molecule has 32 heavy (non-hydrogen) atoms. The van der Waals surface area contributed by atoms with Crippen molar-refractivity contribution >= 4 is 42.4 Å². The fourth-order valence-electron chi connectivity index (χ4n) is 3.97. The van der Waals surface area contributed by atoms with Crippen LogP contribution in [0.1, 0.15) is 5.69 Å². The summed E-state index contributed by atoms with van der Waals surface area (Å²) in [7, 11) is -1.05. The topological polar surface area (TPSA) is 15.8 Å². The molecular formula is C29H25NP2. The fourth-order valence-corrected chi connectivity index (χ4v) is 8.53. The number of benzene rings is 4. The second-order valence-electron chi connectivity index (χ2n) is 7.65. The molecule has 1 heterocycles. The molecule has 0 aliphatic rings. The summed E-state index contributed by atoms with van der Waals surface area (Å²) in [5.41, 5.74) is 1.30. The van der Waals surface area contributed by atoms with Crippen molar-refractivity contribution in [2.45, 2.75) is 6.16 Å². The summed E-state index contributed by atoms with van der Waals surface area (Å²) in [5.74, 6) is 0. The van der Waals surface area contributed by atoms with Crippen LogP contribution < -0.4 is 26.5 Å². The zero-order chi connectivity index (χ0) is 21.6. The molecule has 0 spiro atoms. The van der Waals surface area contributed by atoms with Gasteiger partial charge in [-0.25, -0.2) is 0 Å². The molecule has 0 aliphatic carbocycles. The highest BCUT2D eigenvalue weighted by molar-refractivity contribution is 7.79. The molecule has 0 bridgehead atoms. The van der Waals surface area contributed by atoms with Gasteiger partial charge in [0.2, 0.25) is 0 Å². The van der Waals surface area contributed by atoms with Gasteiger partial charge in [0, 0.05) is 23.4 Å². The van der Waals surface area contributed by atoms with E-state index in [1.807, 2.05) is 0 Å². The number of rotatable bonds is 7. The number of hydrogen-bond acceptors (Lipinski definition) is 0. The number of aromatic amines is 1. The van der Waals surface area contributed by atoms with Crippen molar-refractivity contribution in [3.63, 3.8) is 0 Å². The third-order valence-electron chi connectivity index (χ3n) is 5.48. The zero-order valence-electron chi connectivity index (χ0n) is 17.8. The van der Waals surface area contributed by atoms with Crippen molar-refractivity contribution < 1.29 is 0 Å². The summed E-state index contributed by atoms with van der Waals surface area (Å²) in [6.07, 6.45) is 3.24. The Labute approximate surface area is 192 Å². The molecule has 4 aromatic carbocycles. The maximum atomic E-state index is 3.63. The Morgan fingerprint density at radius 3 is 1.31 bits per heavy atom. The first-order valence-electron chi connectivity index (χ1n) is 10.8. The second-order valence-corrected chi connectivity index (χ2v) is 12.1.